The molecule has 1 aliphatic heterocycles. The minimum absolute atomic E-state index is 0. The first-order chi connectivity index (χ1) is 5.47. The van der Waals surface area contributed by atoms with E-state index in [9.17, 15) is 0 Å². The Balaban J connectivity index is 0.000000720. The summed E-state index contributed by atoms with van der Waals surface area (Å²) in [6.07, 6.45) is 5.89. The lowest BCUT2D eigenvalue weighted by Gasteiger charge is -1.97. The van der Waals surface area contributed by atoms with Crippen molar-refractivity contribution >= 4 is 18.0 Å². The van der Waals surface area contributed by atoms with Gasteiger partial charge in [-0.1, -0.05) is 18.2 Å². The van der Waals surface area contributed by atoms with Crippen LogP contribution in [0.15, 0.2) is 30.3 Å². The number of fused-ring (bicyclic) bond motifs is 1. The molecule has 0 saturated heterocycles. The zero-order valence-electron chi connectivity index (χ0n) is 6.42. The van der Waals surface area contributed by atoms with E-state index in [2.05, 4.69) is 22.7 Å². The van der Waals surface area contributed by atoms with E-state index in [4.69, 9.17) is 0 Å². The van der Waals surface area contributed by atoms with Crippen LogP contribution in [0.1, 0.15) is 5.56 Å². The smallest absolute Gasteiger partial charge is 0.191 e. The summed E-state index contributed by atoms with van der Waals surface area (Å²) >= 11 is 0. The molecule has 0 saturated carbocycles. The maximum absolute atomic E-state index is 3.06. The summed E-state index contributed by atoms with van der Waals surface area (Å²) in [6.45, 7) is 0. The van der Waals surface area contributed by atoms with E-state index in [0.717, 1.165) is 5.69 Å². The number of hydrogen-bond donors (Lipinski definition) is 2. The van der Waals surface area contributed by atoms with Gasteiger partial charge in [-0.25, -0.2) is 0 Å². The molecule has 0 aliphatic carbocycles. The molecule has 1 aromatic carbocycles. The quantitative estimate of drug-likeness (QED) is 0.443. The lowest BCUT2D eigenvalue weighted by molar-refractivity contribution is -0.412. The van der Waals surface area contributed by atoms with Crippen molar-refractivity contribution in [3.63, 3.8) is 0 Å². The van der Waals surface area contributed by atoms with Crippen molar-refractivity contribution < 1.29 is 17.5 Å². The highest BCUT2D eigenvalue weighted by Crippen LogP contribution is 2.14. The fourth-order valence-corrected chi connectivity index (χ4v) is 1.08. The van der Waals surface area contributed by atoms with Gasteiger partial charge in [0.15, 0.2) is 6.21 Å². The minimum Gasteiger partial charge on any atom is -1.00 e. The normalized spacial score (nSPS) is 12.3. The monoisotopic (exact) mass is 180 g/mol. The third kappa shape index (κ3) is 1.66. The molecule has 0 atom stereocenters. The Labute approximate surface area is 77.4 Å². The van der Waals surface area contributed by atoms with Gasteiger partial charge in [-0.3, -0.25) is 0 Å². The minimum atomic E-state index is 0. The Morgan fingerprint density at radius 1 is 1.17 bits per heavy atom. The molecule has 0 unspecified atom stereocenters. The van der Waals surface area contributed by atoms with Crippen LogP contribution in [0.4, 0.5) is 5.69 Å². The van der Waals surface area contributed by atoms with Gasteiger partial charge in [-0.15, -0.1) is 5.10 Å². The van der Waals surface area contributed by atoms with Crippen molar-refractivity contribution in [3.8, 4) is 0 Å². The Kier molecular flexibility index (Phi) is 2.88. The molecule has 0 amide bonds. The highest BCUT2D eigenvalue weighted by molar-refractivity contribution is 5.79. The first-order valence-corrected chi connectivity index (χ1v) is 3.57. The summed E-state index contributed by atoms with van der Waals surface area (Å²) in [7, 11) is 0. The van der Waals surface area contributed by atoms with Crippen LogP contribution in [0.25, 0.3) is 6.08 Å². The Bertz CT molecular complexity index is 318. The molecule has 12 heavy (non-hydrogen) atoms. The van der Waals surface area contributed by atoms with Crippen molar-refractivity contribution in [3.05, 3.63) is 35.9 Å². The van der Waals surface area contributed by atoms with Gasteiger partial charge in [-0.05, 0) is 12.1 Å². The third-order valence-electron chi connectivity index (χ3n) is 1.62. The number of hydrogen-bond acceptors (Lipinski definition) is 1. The zero-order chi connectivity index (χ0) is 7.52. The molecule has 62 valence electrons. The highest BCUT2D eigenvalue weighted by atomic mass is 35.5. The molecule has 0 aromatic heterocycles. The molecule has 1 aromatic rings. The number of rotatable bonds is 0. The molecule has 1 heterocycles. The molecular weight excluding hydrogens is 172 g/mol. The number of halogens is 1. The maximum atomic E-state index is 3.06. The van der Waals surface area contributed by atoms with E-state index >= 15 is 0 Å². The first-order valence-electron chi connectivity index (χ1n) is 3.57. The fourth-order valence-electron chi connectivity index (χ4n) is 1.08. The molecule has 2 nitrogen and oxygen atoms in total. The van der Waals surface area contributed by atoms with E-state index in [0.29, 0.717) is 0 Å². The second-order valence-corrected chi connectivity index (χ2v) is 2.38. The van der Waals surface area contributed by atoms with Crippen LogP contribution >= 0.6 is 0 Å². The summed E-state index contributed by atoms with van der Waals surface area (Å²) in [5.41, 5.74) is 5.37. The topological polar surface area (TPSA) is 26.0 Å². The summed E-state index contributed by atoms with van der Waals surface area (Å²) in [5.74, 6) is 0. The SMILES string of the molecule is C1=Cc2ccccc2N[NH+]=C1.[Cl-]. The van der Waals surface area contributed by atoms with Crippen LogP contribution in [0.3, 0.4) is 0 Å². The number of benzene rings is 1. The lowest BCUT2D eigenvalue weighted by Crippen LogP contribution is -3.00. The van der Waals surface area contributed by atoms with Gasteiger partial charge in [0.25, 0.3) is 0 Å². The van der Waals surface area contributed by atoms with Gasteiger partial charge in [0.2, 0.25) is 0 Å². The van der Waals surface area contributed by atoms with Gasteiger partial charge in [0, 0.05) is 11.6 Å². The van der Waals surface area contributed by atoms with Gasteiger partial charge < -0.3 is 12.4 Å². The third-order valence-corrected chi connectivity index (χ3v) is 1.62. The van der Waals surface area contributed by atoms with Crippen LogP contribution in [-0.2, 0) is 0 Å². The van der Waals surface area contributed by atoms with E-state index in [1.807, 2.05) is 30.5 Å². The lowest BCUT2D eigenvalue weighted by atomic mass is 10.2. The Morgan fingerprint density at radius 3 is 2.92 bits per heavy atom. The molecule has 3 heteroatoms. The van der Waals surface area contributed by atoms with Gasteiger partial charge >= 0.3 is 0 Å². The highest BCUT2D eigenvalue weighted by Gasteiger charge is 1.99. The molecule has 0 bridgehead atoms. The summed E-state index contributed by atoms with van der Waals surface area (Å²) < 4.78 is 0. The van der Waals surface area contributed by atoms with E-state index in [-0.39, 0.29) is 12.4 Å². The zero-order valence-corrected chi connectivity index (χ0v) is 7.18. The Hall–Kier alpha value is -1.28. The van der Waals surface area contributed by atoms with E-state index in [1.165, 1.54) is 5.56 Å². The van der Waals surface area contributed by atoms with Crippen molar-refractivity contribution in [1.29, 1.82) is 0 Å². The molecule has 2 rings (SSSR count). The van der Waals surface area contributed by atoms with Crippen molar-refractivity contribution in [2.45, 2.75) is 0 Å². The first kappa shape index (κ1) is 8.81. The number of hydrazone groups is 1. The standard InChI is InChI=1S/C9H8N2.ClH/c1-2-6-9-8(4-1)5-3-7-10-11-9;/h1-7,11H;1H. The van der Waals surface area contributed by atoms with E-state index in [1.54, 1.807) is 0 Å². The van der Waals surface area contributed by atoms with Crippen molar-refractivity contribution in [2.75, 3.05) is 5.43 Å². The average molecular weight is 181 g/mol. The number of nitrogens with one attached hydrogen (secondary N) is 2. The van der Waals surface area contributed by atoms with Crippen molar-refractivity contribution in [1.82, 2.24) is 0 Å². The Morgan fingerprint density at radius 2 is 2.00 bits per heavy atom. The number of anilines is 1. The van der Waals surface area contributed by atoms with Crippen LogP contribution in [0.5, 0.6) is 0 Å². The van der Waals surface area contributed by atoms with E-state index < -0.39 is 0 Å². The second kappa shape index (κ2) is 3.93. The van der Waals surface area contributed by atoms with Crippen LogP contribution in [0.2, 0.25) is 0 Å². The van der Waals surface area contributed by atoms with Crippen molar-refractivity contribution in [2.24, 2.45) is 0 Å². The predicted octanol–water partition coefficient (Wildman–Crippen LogP) is -2.80. The van der Waals surface area contributed by atoms with Gasteiger partial charge in [0.1, 0.15) is 5.69 Å². The maximum Gasteiger partial charge on any atom is 0.191 e. The van der Waals surface area contributed by atoms with Crippen LogP contribution in [0, 0.1) is 0 Å². The molecular formula is C9H9ClN2. The molecule has 1 aliphatic rings. The largest absolute Gasteiger partial charge is 1.00 e. The molecule has 2 N–H and O–H groups in total. The number of para-hydroxylation sites is 1. The fraction of sp³-hybridized carbons (Fsp3) is 0. The number of allylic oxidation sites excluding steroid dienone is 1. The average Bonchev–Trinajstić information content (AvgIpc) is 2.28. The van der Waals surface area contributed by atoms with Crippen LogP contribution < -0.4 is 22.9 Å². The van der Waals surface area contributed by atoms with Gasteiger partial charge in [-0.2, -0.15) is 5.43 Å². The van der Waals surface area contributed by atoms with Gasteiger partial charge in [0.05, 0.1) is 0 Å². The number of hydrazine groups is 1. The van der Waals surface area contributed by atoms with Crippen LogP contribution in [-0.4, -0.2) is 6.21 Å². The summed E-state index contributed by atoms with van der Waals surface area (Å²) in [6, 6.07) is 8.13. The molecule has 0 spiro atoms. The second-order valence-electron chi connectivity index (χ2n) is 2.38. The molecule has 0 fully saturated rings. The predicted molar refractivity (Wildman–Crippen MR) is 46.1 cm³/mol. The summed E-state index contributed by atoms with van der Waals surface area (Å²) in [5, 5.41) is 2.94. The summed E-state index contributed by atoms with van der Waals surface area (Å²) in [4.78, 5) is 0. The molecule has 0 radical (unpaired) electrons.